The molecule has 0 aliphatic heterocycles. The summed E-state index contributed by atoms with van der Waals surface area (Å²) in [7, 11) is 1.66. The third-order valence-electron chi connectivity index (χ3n) is 3.14. The molecule has 0 heterocycles. The van der Waals surface area contributed by atoms with Crippen molar-refractivity contribution in [3.63, 3.8) is 0 Å². The van der Waals surface area contributed by atoms with Crippen LogP contribution in [0.25, 0.3) is 0 Å². The zero-order valence-corrected chi connectivity index (χ0v) is 13.2. The molecule has 0 aliphatic carbocycles. The van der Waals surface area contributed by atoms with Crippen molar-refractivity contribution in [2.75, 3.05) is 32.1 Å². The van der Waals surface area contributed by atoms with Crippen molar-refractivity contribution in [1.29, 1.82) is 0 Å². The van der Waals surface area contributed by atoms with E-state index in [0.717, 1.165) is 17.3 Å². The largest absolute Gasteiger partial charge is 0.383 e. The number of nitrogens with zero attached hydrogens (tertiary/aromatic N) is 1. The van der Waals surface area contributed by atoms with Crippen molar-refractivity contribution < 1.29 is 9.53 Å². The van der Waals surface area contributed by atoms with Gasteiger partial charge in [0.2, 0.25) is 5.91 Å². The van der Waals surface area contributed by atoms with Crippen LogP contribution in [0.3, 0.4) is 0 Å². The number of alkyl halides is 1. The number of amides is 1. The number of carbonyl (C=O) groups is 1. The van der Waals surface area contributed by atoms with Gasteiger partial charge in [-0.3, -0.25) is 4.79 Å². The minimum absolute atomic E-state index is 0.0582. The van der Waals surface area contributed by atoms with E-state index in [1.807, 2.05) is 35.2 Å². The number of ether oxygens (including phenoxy) is 1. The van der Waals surface area contributed by atoms with Crippen molar-refractivity contribution in [3.8, 4) is 0 Å². The number of halogens is 1. The molecule has 19 heavy (non-hydrogen) atoms. The zero-order valence-electron chi connectivity index (χ0n) is 11.6. The number of carbonyl (C=O) groups excluding carboxylic acids is 1. The number of hydrogen-bond donors (Lipinski definition) is 0. The highest BCUT2D eigenvalue weighted by atomic mass is 79.9. The molecule has 0 saturated heterocycles. The lowest BCUT2D eigenvalue weighted by molar-refractivity contribution is -0.133. The Morgan fingerprint density at radius 1 is 1.32 bits per heavy atom. The SMILES string of the molecule is CCC(C(=O)N(CCBr)CCOC)c1ccccc1. The second-order valence-electron chi connectivity index (χ2n) is 4.38. The first-order valence-corrected chi connectivity index (χ1v) is 7.75. The molecular weight excluding hydrogens is 306 g/mol. The van der Waals surface area contributed by atoms with E-state index in [1.165, 1.54) is 0 Å². The Morgan fingerprint density at radius 2 is 2.00 bits per heavy atom. The first kappa shape index (κ1) is 16.2. The summed E-state index contributed by atoms with van der Waals surface area (Å²) in [6.07, 6.45) is 0.814. The van der Waals surface area contributed by atoms with Gasteiger partial charge >= 0.3 is 0 Å². The molecule has 106 valence electrons. The third kappa shape index (κ3) is 4.96. The topological polar surface area (TPSA) is 29.5 Å². The Bertz CT molecular complexity index is 370. The Kier molecular flexibility index (Phi) is 7.75. The van der Waals surface area contributed by atoms with Crippen LogP contribution in [-0.4, -0.2) is 42.9 Å². The summed E-state index contributed by atoms with van der Waals surface area (Å²) in [5, 5.41) is 0.785. The highest BCUT2D eigenvalue weighted by Crippen LogP contribution is 2.22. The quantitative estimate of drug-likeness (QED) is 0.687. The molecule has 1 atom stereocenters. The molecule has 0 fully saturated rings. The van der Waals surface area contributed by atoms with Crippen LogP contribution in [0.1, 0.15) is 24.8 Å². The fourth-order valence-corrected chi connectivity index (χ4v) is 2.52. The fourth-order valence-electron chi connectivity index (χ4n) is 2.09. The first-order valence-electron chi connectivity index (χ1n) is 6.63. The van der Waals surface area contributed by atoms with Crippen LogP contribution >= 0.6 is 15.9 Å². The second kappa shape index (κ2) is 9.10. The molecule has 3 nitrogen and oxygen atoms in total. The summed E-state index contributed by atoms with van der Waals surface area (Å²) in [6, 6.07) is 9.98. The highest BCUT2D eigenvalue weighted by molar-refractivity contribution is 9.09. The molecule has 1 rings (SSSR count). The predicted octanol–water partition coefficient (Wildman–Crippen LogP) is 3.05. The molecule has 1 aromatic rings. The van der Waals surface area contributed by atoms with Gasteiger partial charge in [0.1, 0.15) is 0 Å². The summed E-state index contributed by atoms with van der Waals surface area (Å²) in [6.45, 7) is 3.98. The summed E-state index contributed by atoms with van der Waals surface area (Å²) in [5.41, 5.74) is 1.09. The van der Waals surface area contributed by atoms with Crippen molar-refractivity contribution in [1.82, 2.24) is 4.90 Å². The third-order valence-corrected chi connectivity index (χ3v) is 3.49. The predicted molar refractivity (Wildman–Crippen MR) is 81.7 cm³/mol. The van der Waals surface area contributed by atoms with E-state index in [4.69, 9.17) is 4.74 Å². The molecule has 1 aromatic carbocycles. The van der Waals surface area contributed by atoms with Gasteiger partial charge in [0.15, 0.2) is 0 Å². The minimum atomic E-state index is -0.0582. The first-order chi connectivity index (χ1) is 9.24. The van der Waals surface area contributed by atoms with Crippen LogP contribution in [-0.2, 0) is 9.53 Å². The maximum absolute atomic E-state index is 12.6. The zero-order chi connectivity index (χ0) is 14.1. The van der Waals surface area contributed by atoms with E-state index in [2.05, 4.69) is 22.9 Å². The Balaban J connectivity index is 2.80. The lowest BCUT2D eigenvalue weighted by Crippen LogP contribution is -2.38. The Hall–Kier alpha value is -0.870. The van der Waals surface area contributed by atoms with Gasteiger partial charge in [0, 0.05) is 25.5 Å². The molecule has 1 amide bonds. The van der Waals surface area contributed by atoms with Crippen molar-refractivity contribution in [2.24, 2.45) is 0 Å². The van der Waals surface area contributed by atoms with Crippen LogP contribution in [0, 0.1) is 0 Å². The molecule has 4 heteroatoms. The van der Waals surface area contributed by atoms with Crippen LogP contribution in [0.15, 0.2) is 30.3 Å². The Labute approximate surface area is 124 Å². The van der Waals surface area contributed by atoms with E-state index < -0.39 is 0 Å². The van der Waals surface area contributed by atoms with Gasteiger partial charge in [-0.1, -0.05) is 53.2 Å². The summed E-state index contributed by atoms with van der Waals surface area (Å²) in [5.74, 6) is 0.127. The molecule has 0 bridgehead atoms. The maximum Gasteiger partial charge on any atom is 0.230 e. The molecular formula is C15H22BrNO2. The monoisotopic (exact) mass is 327 g/mol. The van der Waals surface area contributed by atoms with Gasteiger partial charge < -0.3 is 9.64 Å². The standard InChI is InChI=1S/C15H22BrNO2/c1-3-14(13-7-5-4-6-8-13)15(18)17(10-9-16)11-12-19-2/h4-8,14H,3,9-12H2,1-2H3. The molecule has 0 N–H and O–H groups in total. The van der Waals surface area contributed by atoms with Gasteiger partial charge in [-0.2, -0.15) is 0 Å². The molecule has 0 saturated carbocycles. The van der Waals surface area contributed by atoms with E-state index in [9.17, 15) is 4.79 Å². The lowest BCUT2D eigenvalue weighted by atomic mass is 9.95. The normalized spacial score (nSPS) is 12.2. The van der Waals surface area contributed by atoms with Gasteiger partial charge in [-0.15, -0.1) is 0 Å². The average Bonchev–Trinajstić information content (AvgIpc) is 2.45. The number of benzene rings is 1. The summed E-state index contributed by atoms with van der Waals surface area (Å²) in [4.78, 5) is 14.5. The molecule has 1 unspecified atom stereocenters. The second-order valence-corrected chi connectivity index (χ2v) is 5.17. The Morgan fingerprint density at radius 3 is 2.53 bits per heavy atom. The van der Waals surface area contributed by atoms with Crippen LogP contribution < -0.4 is 0 Å². The van der Waals surface area contributed by atoms with Crippen molar-refractivity contribution >= 4 is 21.8 Å². The van der Waals surface area contributed by atoms with E-state index in [0.29, 0.717) is 19.7 Å². The van der Waals surface area contributed by atoms with Crippen molar-refractivity contribution in [2.45, 2.75) is 19.3 Å². The van der Waals surface area contributed by atoms with Gasteiger partial charge in [-0.25, -0.2) is 0 Å². The van der Waals surface area contributed by atoms with Crippen LogP contribution in [0.4, 0.5) is 0 Å². The van der Waals surface area contributed by atoms with Gasteiger partial charge in [-0.05, 0) is 12.0 Å². The molecule has 0 spiro atoms. The fraction of sp³-hybridized carbons (Fsp3) is 0.533. The lowest BCUT2D eigenvalue weighted by Gasteiger charge is -2.26. The van der Waals surface area contributed by atoms with Gasteiger partial charge in [0.05, 0.1) is 12.5 Å². The van der Waals surface area contributed by atoms with Crippen LogP contribution in [0.5, 0.6) is 0 Å². The number of rotatable bonds is 8. The molecule has 0 aromatic heterocycles. The number of hydrogen-bond acceptors (Lipinski definition) is 2. The average molecular weight is 328 g/mol. The van der Waals surface area contributed by atoms with E-state index in [1.54, 1.807) is 7.11 Å². The van der Waals surface area contributed by atoms with E-state index in [-0.39, 0.29) is 11.8 Å². The van der Waals surface area contributed by atoms with Gasteiger partial charge in [0.25, 0.3) is 0 Å². The van der Waals surface area contributed by atoms with Crippen molar-refractivity contribution in [3.05, 3.63) is 35.9 Å². The molecule has 0 radical (unpaired) electrons. The maximum atomic E-state index is 12.6. The summed E-state index contributed by atoms with van der Waals surface area (Å²) >= 11 is 3.40. The summed E-state index contributed by atoms with van der Waals surface area (Å²) < 4.78 is 5.08. The smallest absolute Gasteiger partial charge is 0.230 e. The van der Waals surface area contributed by atoms with Crippen LogP contribution in [0.2, 0.25) is 0 Å². The number of methoxy groups -OCH3 is 1. The van der Waals surface area contributed by atoms with E-state index >= 15 is 0 Å². The highest BCUT2D eigenvalue weighted by Gasteiger charge is 2.23. The molecule has 0 aliphatic rings. The minimum Gasteiger partial charge on any atom is -0.383 e.